The van der Waals surface area contributed by atoms with E-state index in [1.54, 1.807) is 11.3 Å². The predicted molar refractivity (Wildman–Crippen MR) is 77.7 cm³/mol. The fourth-order valence-corrected chi connectivity index (χ4v) is 2.68. The maximum absolute atomic E-state index is 4.54. The third kappa shape index (κ3) is 3.30. The van der Waals surface area contributed by atoms with Gasteiger partial charge in [-0.1, -0.05) is 13.0 Å². The van der Waals surface area contributed by atoms with Gasteiger partial charge in [-0.15, -0.1) is 11.3 Å². The maximum atomic E-state index is 4.54. The van der Waals surface area contributed by atoms with Crippen LogP contribution in [0.2, 0.25) is 0 Å². The summed E-state index contributed by atoms with van der Waals surface area (Å²) in [6, 6.07) is 6.29. The lowest BCUT2D eigenvalue weighted by Gasteiger charge is -2.07. The van der Waals surface area contributed by atoms with Crippen LogP contribution in [0.3, 0.4) is 0 Å². The molecule has 1 N–H and O–H groups in total. The summed E-state index contributed by atoms with van der Waals surface area (Å²) >= 11 is 5.27. The third-order valence-corrected chi connectivity index (χ3v) is 4.22. The van der Waals surface area contributed by atoms with E-state index < -0.39 is 0 Å². The summed E-state index contributed by atoms with van der Waals surface area (Å²) < 4.78 is 1.09. The molecule has 17 heavy (non-hydrogen) atoms. The smallest absolute Gasteiger partial charge is 0.0926 e. The van der Waals surface area contributed by atoms with E-state index in [-0.39, 0.29) is 0 Å². The molecule has 0 saturated carbocycles. The van der Waals surface area contributed by atoms with Gasteiger partial charge >= 0.3 is 0 Å². The molecule has 0 spiro atoms. The van der Waals surface area contributed by atoms with Crippen molar-refractivity contribution in [3.05, 3.63) is 44.3 Å². The summed E-state index contributed by atoms with van der Waals surface area (Å²) in [5.74, 6) is 0. The average Bonchev–Trinajstić information content (AvgIpc) is 2.78. The van der Waals surface area contributed by atoms with E-state index in [1.165, 1.54) is 10.6 Å². The van der Waals surface area contributed by atoms with Gasteiger partial charge in [-0.3, -0.25) is 0 Å². The fourth-order valence-electron chi connectivity index (χ4n) is 1.55. The van der Waals surface area contributed by atoms with E-state index in [1.807, 2.05) is 0 Å². The van der Waals surface area contributed by atoms with Gasteiger partial charge in [0, 0.05) is 15.5 Å². The van der Waals surface area contributed by atoms with E-state index in [9.17, 15) is 0 Å². The van der Waals surface area contributed by atoms with E-state index in [2.05, 4.69) is 63.7 Å². The van der Waals surface area contributed by atoms with Crippen molar-refractivity contribution >= 4 is 33.0 Å². The summed E-state index contributed by atoms with van der Waals surface area (Å²) in [5.41, 5.74) is 3.49. The molecule has 0 radical (unpaired) electrons. The highest BCUT2D eigenvalue weighted by molar-refractivity contribution is 9.10. The van der Waals surface area contributed by atoms with Crippen molar-refractivity contribution in [1.29, 1.82) is 0 Å². The number of nitrogens with zero attached hydrogens (tertiary/aromatic N) is 1. The van der Waals surface area contributed by atoms with Gasteiger partial charge in [-0.25, -0.2) is 4.98 Å². The number of hydrogen-bond acceptors (Lipinski definition) is 3. The van der Waals surface area contributed by atoms with Crippen molar-refractivity contribution in [3.8, 4) is 0 Å². The van der Waals surface area contributed by atoms with Crippen molar-refractivity contribution in [2.24, 2.45) is 0 Å². The van der Waals surface area contributed by atoms with E-state index >= 15 is 0 Å². The zero-order valence-electron chi connectivity index (χ0n) is 9.96. The lowest BCUT2D eigenvalue weighted by Crippen LogP contribution is -2.00. The molecule has 0 amide bonds. The van der Waals surface area contributed by atoms with Crippen LogP contribution in [0.1, 0.15) is 23.2 Å². The van der Waals surface area contributed by atoms with E-state index in [0.29, 0.717) is 0 Å². The molecule has 0 bridgehead atoms. The van der Waals surface area contributed by atoms with Gasteiger partial charge in [0.1, 0.15) is 0 Å². The number of thiazole rings is 1. The van der Waals surface area contributed by atoms with Crippen molar-refractivity contribution < 1.29 is 0 Å². The molecule has 2 nitrogen and oxygen atoms in total. The molecule has 1 heterocycles. The molecule has 0 fully saturated rings. The van der Waals surface area contributed by atoms with Gasteiger partial charge in [0.15, 0.2) is 0 Å². The van der Waals surface area contributed by atoms with Crippen molar-refractivity contribution in [1.82, 2.24) is 4.98 Å². The first kappa shape index (κ1) is 12.6. The number of hydrogen-bond donors (Lipinski definition) is 1. The Kier molecular flexibility index (Phi) is 4.18. The first-order valence-corrected chi connectivity index (χ1v) is 7.29. The van der Waals surface area contributed by atoms with Crippen LogP contribution in [-0.2, 0) is 13.0 Å². The summed E-state index contributed by atoms with van der Waals surface area (Å²) in [4.78, 5) is 4.54. The minimum Gasteiger partial charge on any atom is -0.378 e. The summed E-state index contributed by atoms with van der Waals surface area (Å²) in [6.07, 6.45) is 1.01. The minimum absolute atomic E-state index is 0.776. The topological polar surface area (TPSA) is 24.9 Å². The van der Waals surface area contributed by atoms with E-state index in [0.717, 1.165) is 28.8 Å². The monoisotopic (exact) mass is 310 g/mol. The Morgan fingerprint density at radius 3 is 2.94 bits per heavy atom. The molecular formula is C13H15BrN2S. The van der Waals surface area contributed by atoms with Crippen LogP contribution in [0.15, 0.2) is 28.1 Å². The average molecular weight is 311 g/mol. The van der Waals surface area contributed by atoms with Gasteiger partial charge in [0.05, 0.1) is 17.2 Å². The lowest BCUT2D eigenvalue weighted by molar-refractivity contribution is 1.01. The van der Waals surface area contributed by atoms with Crippen molar-refractivity contribution in [2.75, 3.05) is 5.32 Å². The van der Waals surface area contributed by atoms with Gasteiger partial charge in [-0.2, -0.15) is 0 Å². The van der Waals surface area contributed by atoms with Crippen molar-refractivity contribution in [3.63, 3.8) is 0 Å². The summed E-state index contributed by atoms with van der Waals surface area (Å²) in [7, 11) is 0. The predicted octanol–water partition coefficient (Wildman–Crippen LogP) is 4.39. The summed E-state index contributed by atoms with van der Waals surface area (Å²) in [6.45, 7) is 5.00. The molecule has 2 aromatic rings. The Hall–Kier alpha value is -0.870. The maximum Gasteiger partial charge on any atom is 0.0926 e. The second-order valence-corrected chi connectivity index (χ2v) is 5.72. The normalized spacial score (nSPS) is 10.5. The van der Waals surface area contributed by atoms with Crippen molar-refractivity contribution in [2.45, 2.75) is 26.8 Å². The van der Waals surface area contributed by atoms with Crippen LogP contribution < -0.4 is 5.32 Å². The minimum atomic E-state index is 0.776. The lowest BCUT2D eigenvalue weighted by atomic mass is 10.2. The largest absolute Gasteiger partial charge is 0.378 e. The van der Waals surface area contributed by atoms with Crippen LogP contribution in [0.5, 0.6) is 0 Å². The van der Waals surface area contributed by atoms with Crippen LogP contribution in [0, 0.1) is 6.92 Å². The van der Waals surface area contributed by atoms with Crippen LogP contribution in [0.4, 0.5) is 5.69 Å². The molecule has 90 valence electrons. The first-order chi connectivity index (χ1) is 8.19. The van der Waals surface area contributed by atoms with Crippen LogP contribution in [-0.4, -0.2) is 4.98 Å². The van der Waals surface area contributed by atoms with Gasteiger partial charge in [0.25, 0.3) is 0 Å². The summed E-state index contributed by atoms with van der Waals surface area (Å²) in [5, 5.41) is 6.72. The Bertz CT molecular complexity index is 508. The molecule has 0 aliphatic rings. The van der Waals surface area contributed by atoms with E-state index in [4.69, 9.17) is 0 Å². The number of nitrogens with one attached hydrogen (secondary N) is 1. The molecule has 0 atom stereocenters. The Morgan fingerprint density at radius 2 is 2.24 bits per heavy atom. The third-order valence-electron chi connectivity index (χ3n) is 2.48. The number of benzene rings is 1. The molecule has 0 aliphatic heterocycles. The van der Waals surface area contributed by atoms with Crippen LogP contribution in [0.25, 0.3) is 0 Å². The second kappa shape index (κ2) is 5.65. The highest BCUT2D eigenvalue weighted by atomic mass is 79.9. The zero-order valence-corrected chi connectivity index (χ0v) is 12.4. The number of anilines is 1. The van der Waals surface area contributed by atoms with Gasteiger partial charge in [0.2, 0.25) is 0 Å². The molecule has 0 aliphatic carbocycles. The Morgan fingerprint density at radius 1 is 1.41 bits per heavy atom. The molecule has 1 aromatic carbocycles. The number of rotatable bonds is 4. The number of aromatic nitrogens is 1. The highest BCUT2D eigenvalue weighted by Gasteiger charge is 2.02. The van der Waals surface area contributed by atoms with Gasteiger partial charge in [-0.05, 0) is 47.0 Å². The molecule has 4 heteroatoms. The molecule has 2 rings (SSSR count). The van der Waals surface area contributed by atoms with Crippen LogP contribution >= 0.6 is 27.3 Å². The molecular weight excluding hydrogens is 296 g/mol. The highest BCUT2D eigenvalue weighted by Crippen LogP contribution is 2.24. The van der Waals surface area contributed by atoms with Gasteiger partial charge < -0.3 is 5.32 Å². The molecule has 0 saturated heterocycles. The fraction of sp³-hybridized carbons (Fsp3) is 0.308. The Balaban J connectivity index is 2.04. The zero-order chi connectivity index (χ0) is 12.3. The Labute approximate surface area is 114 Å². The number of aryl methyl sites for hydroxylation is 2. The molecule has 1 aromatic heterocycles. The molecule has 0 unspecified atom stereocenters. The second-order valence-electron chi connectivity index (χ2n) is 3.92. The standard InChI is InChI=1S/C13H15BrN2S/c1-3-13-16-10(8-17-13)7-15-12-6-9(2)4-5-11(12)14/h4-6,8,15H,3,7H2,1-2H3. The quantitative estimate of drug-likeness (QED) is 0.906. The number of halogens is 1. The first-order valence-electron chi connectivity index (χ1n) is 5.62. The SMILES string of the molecule is CCc1nc(CNc2cc(C)ccc2Br)cs1.